The van der Waals surface area contributed by atoms with Crippen LogP contribution < -0.4 is 5.32 Å². The summed E-state index contributed by atoms with van der Waals surface area (Å²) in [7, 11) is -3.58. The Morgan fingerprint density at radius 1 is 1.22 bits per heavy atom. The Balaban J connectivity index is 1.68. The third-order valence-corrected chi connectivity index (χ3v) is 7.93. The van der Waals surface area contributed by atoms with Gasteiger partial charge in [-0.15, -0.1) is 11.3 Å². The minimum atomic E-state index is -3.58. The summed E-state index contributed by atoms with van der Waals surface area (Å²) >= 11 is 12.6. The average Bonchev–Trinajstić information content (AvgIpc) is 3.13. The second-order valence-corrected chi connectivity index (χ2v) is 9.81. The van der Waals surface area contributed by atoms with Gasteiger partial charge in [-0.05, 0) is 24.3 Å². The van der Waals surface area contributed by atoms with Crippen molar-refractivity contribution in [2.75, 3.05) is 26.3 Å². The fraction of sp³-hybridized carbons (Fsp3) is 0.312. The van der Waals surface area contributed by atoms with Crippen molar-refractivity contribution in [3.63, 3.8) is 0 Å². The van der Waals surface area contributed by atoms with Crippen LogP contribution in [0, 0.1) is 5.82 Å². The molecule has 0 atom stereocenters. The van der Waals surface area contributed by atoms with Gasteiger partial charge >= 0.3 is 0 Å². The van der Waals surface area contributed by atoms with E-state index in [9.17, 15) is 17.6 Å². The van der Waals surface area contributed by atoms with Crippen LogP contribution in [0.5, 0.6) is 0 Å². The lowest BCUT2D eigenvalue weighted by molar-refractivity contribution is 0.0731. The summed E-state index contributed by atoms with van der Waals surface area (Å²) in [6, 6.07) is 5.25. The van der Waals surface area contributed by atoms with Crippen LogP contribution in [0.2, 0.25) is 10.0 Å². The molecule has 1 aromatic carbocycles. The predicted octanol–water partition coefficient (Wildman–Crippen LogP) is 3.14. The number of sulfonamides is 1. The van der Waals surface area contributed by atoms with Crippen molar-refractivity contribution in [2.45, 2.75) is 10.8 Å². The lowest BCUT2D eigenvalue weighted by Gasteiger charge is -2.25. The number of halogens is 3. The molecule has 6 nitrogen and oxygen atoms in total. The van der Waals surface area contributed by atoms with Crippen LogP contribution in [0.15, 0.2) is 28.5 Å². The Kier molecular flexibility index (Phi) is 6.39. The van der Waals surface area contributed by atoms with Crippen LogP contribution in [0.4, 0.5) is 4.39 Å². The summed E-state index contributed by atoms with van der Waals surface area (Å²) in [5.74, 6) is -1.33. The molecule has 1 amide bonds. The molecule has 2 aromatic rings. The van der Waals surface area contributed by atoms with Gasteiger partial charge in [-0.1, -0.05) is 23.2 Å². The standard InChI is InChI=1S/C16H15Cl2FN2O4S2/c17-12-8-13(18)14(19)7-11(12)16(22)20-9-10-1-2-15(26-10)27(23,24)21-3-5-25-6-4-21/h1-2,7-8H,3-6,9H2,(H,20,22). The van der Waals surface area contributed by atoms with Crippen LogP contribution in [-0.4, -0.2) is 44.9 Å². The highest BCUT2D eigenvalue weighted by Crippen LogP contribution is 2.27. The number of benzene rings is 1. The van der Waals surface area contributed by atoms with Gasteiger partial charge < -0.3 is 10.1 Å². The molecular weight excluding hydrogens is 438 g/mol. The average molecular weight is 453 g/mol. The third-order valence-electron chi connectivity index (χ3n) is 3.88. The van der Waals surface area contributed by atoms with Gasteiger partial charge in [0.25, 0.3) is 15.9 Å². The Morgan fingerprint density at radius 3 is 2.63 bits per heavy atom. The van der Waals surface area contributed by atoms with E-state index in [0.29, 0.717) is 31.2 Å². The van der Waals surface area contributed by atoms with Crippen molar-refractivity contribution in [1.82, 2.24) is 9.62 Å². The molecule has 11 heteroatoms. The fourth-order valence-electron chi connectivity index (χ4n) is 2.47. The molecule has 1 aromatic heterocycles. The summed E-state index contributed by atoms with van der Waals surface area (Å²) in [5.41, 5.74) is -0.0451. The van der Waals surface area contributed by atoms with E-state index >= 15 is 0 Å². The van der Waals surface area contributed by atoms with Gasteiger partial charge in [0.15, 0.2) is 0 Å². The number of morpholine rings is 1. The van der Waals surface area contributed by atoms with E-state index in [4.69, 9.17) is 27.9 Å². The van der Waals surface area contributed by atoms with Gasteiger partial charge in [0.05, 0.1) is 35.4 Å². The van der Waals surface area contributed by atoms with Gasteiger partial charge in [0.2, 0.25) is 0 Å². The molecule has 1 saturated heterocycles. The van der Waals surface area contributed by atoms with Crippen molar-refractivity contribution in [2.24, 2.45) is 0 Å². The van der Waals surface area contributed by atoms with E-state index in [1.165, 1.54) is 10.4 Å². The van der Waals surface area contributed by atoms with E-state index in [-0.39, 0.29) is 26.4 Å². The molecule has 0 spiro atoms. The zero-order valence-electron chi connectivity index (χ0n) is 13.9. The quantitative estimate of drug-likeness (QED) is 0.706. The number of carbonyl (C=O) groups excluding carboxylic acids is 1. The minimum Gasteiger partial charge on any atom is -0.379 e. The van der Waals surface area contributed by atoms with E-state index in [2.05, 4.69) is 5.32 Å². The van der Waals surface area contributed by atoms with E-state index in [0.717, 1.165) is 23.5 Å². The second-order valence-electron chi connectivity index (χ2n) is 5.67. The van der Waals surface area contributed by atoms with Gasteiger partial charge in [0.1, 0.15) is 10.0 Å². The predicted molar refractivity (Wildman–Crippen MR) is 101 cm³/mol. The Morgan fingerprint density at radius 2 is 1.93 bits per heavy atom. The summed E-state index contributed by atoms with van der Waals surface area (Å²) < 4.78 is 45.5. The Hall–Kier alpha value is -1.23. The molecule has 27 heavy (non-hydrogen) atoms. The number of carbonyl (C=O) groups is 1. The van der Waals surface area contributed by atoms with E-state index in [1.807, 2.05) is 0 Å². The third kappa shape index (κ3) is 4.61. The number of hydrogen-bond donors (Lipinski definition) is 1. The van der Waals surface area contributed by atoms with Crippen molar-refractivity contribution in [3.8, 4) is 0 Å². The monoisotopic (exact) mass is 452 g/mol. The van der Waals surface area contributed by atoms with Gasteiger partial charge in [-0.25, -0.2) is 12.8 Å². The molecule has 0 saturated carbocycles. The molecule has 1 N–H and O–H groups in total. The first kappa shape index (κ1) is 20.5. The molecule has 0 unspecified atom stereocenters. The molecule has 2 heterocycles. The molecular formula is C16H15Cl2FN2O4S2. The van der Waals surface area contributed by atoms with Crippen LogP contribution in [0.25, 0.3) is 0 Å². The highest BCUT2D eigenvalue weighted by Gasteiger charge is 2.27. The van der Waals surface area contributed by atoms with Crippen LogP contribution in [-0.2, 0) is 21.3 Å². The zero-order valence-corrected chi connectivity index (χ0v) is 17.0. The van der Waals surface area contributed by atoms with Crippen molar-refractivity contribution in [1.29, 1.82) is 0 Å². The molecule has 0 radical (unpaired) electrons. The van der Waals surface area contributed by atoms with Gasteiger partial charge in [-0.2, -0.15) is 4.31 Å². The highest BCUT2D eigenvalue weighted by atomic mass is 35.5. The van der Waals surface area contributed by atoms with E-state index in [1.54, 1.807) is 6.07 Å². The summed E-state index contributed by atoms with van der Waals surface area (Å²) in [4.78, 5) is 12.9. The van der Waals surface area contributed by atoms with Crippen LogP contribution in [0.3, 0.4) is 0 Å². The first-order valence-corrected chi connectivity index (χ1v) is 10.9. The smallest absolute Gasteiger partial charge is 0.253 e. The van der Waals surface area contributed by atoms with Crippen LogP contribution >= 0.6 is 34.5 Å². The van der Waals surface area contributed by atoms with Crippen molar-refractivity contribution >= 4 is 50.5 Å². The molecule has 0 bridgehead atoms. The normalized spacial score (nSPS) is 15.7. The van der Waals surface area contributed by atoms with Crippen LogP contribution in [0.1, 0.15) is 15.2 Å². The lowest BCUT2D eigenvalue weighted by atomic mass is 10.2. The van der Waals surface area contributed by atoms with Gasteiger partial charge in [-0.3, -0.25) is 4.79 Å². The molecule has 0 aliphatic carbocycles. The van der Waals surface area contributed by atoms with E-state index < -0.39 is 21.7 Å². The topological polar surface area (TPSA) is 75.7 Å². The Labute approximate surface area is 169 Å². The minimum absolute atomic E-state index is 0.0284. The number of amides is 1. The fourth-order valence-corrected chi connectivity index (χ4v) is 5.79. The SMILES string of the molecule is O=C(NCc1ccc(S(=O)(=O)N2CCOCC2)s1)c1cc(F)c(Cl)cc1Cl. The number of nitrogens with zero attached hydrogens (tertiary/aromatic N) is 1. The molecule has 1 aliphatic heterocycles. The number of rotatable bonds is 5. The number of ether oxygens (including phenoxy) is 1. The number of nitrogens with one attached hydrogen (secondary N) is 1. The van der Waals surface area contributed by atoms with Crippen molar-refractivity contribution in [3.05, 3.63) is 50.6 Å². The number of hydrogen-bond acceptors (Lipinski definition) is 5. The van der Waals surface area contributed by atoms with Crippen molar-refractivity contribution < 1.29 is 22.3 Å². The second kappa shape index (κ2) is 8.42. The maximum absolute atomic E-state index is 13.5. The first-order chi connectivity index (χ1) is 12.8. The zero-order chi connectivity index (χ0) is 19.6. The van der Waals surface area contributed by atoms with Gasteiger partial charge in [0, 0.05) is 18.0 Å². The molecule has 3 rings (SSSR count). The highest BCUT2D eigenvalue weighted by molar-refractivity contribution is 7.91. The summed E-state index contributed by atoms with van der Waals surface area (Å²) in [6.07, 6.45) is 0. The largest absolute Gasteiger partial charge is 0.379 e. The summed E-state index contributed by atoms with van der Waals surface area (Å²) in [6.45, 7) is 1.44. The molecule has 1 aliphatic rings. The Bertz CT molecular complexity index is 959. The number of thiophene rings is 1. The summed E-state index contributed by atoms with van der Waals surface area (Å²) in [5, 5.41) is 2.45. The lowest BCUT2D eigenvalue weighted by Crippen LogP contribution is -2.40. The maximum atomic E-state index is 13.5. The molecule has 1 fully saturated rings. The first-order valence-electron chi connectivity index (χ1n) is 7.88. The maximum Gasteiger partial charge on any atom is 0.253 e. The molecule has 146 valence electrons.